The van der Waals surface area contributed by atoms with Crippen LogP contribution in [0.5, 0.6) is 0 Å². The summed E-state index contributed by atoms with van der Waals surface area (Å²) in [5, 5.41) is 8.82. The van der Waals surface area contributed by atoms with Crippen molar-refractivity contribution >= 4 is 40.6 Å². The molecule has 2 amide bonds. The normalized spacial score (nSPS) is 18.4. The average Bonchev–Trinajstić information content (AvgIpc) is 3.36. The first-order valence-electron chi connectivity index (χ1n) is 9.31. The van der Waals surface area contributed by atoms with Gasteiger partial charge in [0.2, 0.25) is 0 Å². The lowest BCUT2D eigenvalue weighted by molar-refractivity contribution is -0.118. The molecule has 2 aromatic rings. The van der Waals surface area contributed by atoms with Crippen LogP contribution in [0.3, 0.4) is 0 Å². The molecule has 2 aliphatic rings. The van der Waals surface area contributed by atoms with Crippen LogP contribution in [0.4, 0.5) is 21.9 Å². The molecule has 1 saturated heterocycles. The van der Waals surface area contributed by atoms with Gasteiger partial charge in [0.05, 0.1) is 23.6 Å². The van der Waals surface area contributed by atoms with Crippen LogP contribution in [-0.2, 0) is 14.3 Å². The number of carbonyl (C=O) groups excluding carboxylic acids is 3. The predicted molar refractivity (Wildman–Crippen MR) is 109 cm³/mol. The molecule has 1 unspecified atom stereocenters. The van der Waals surface area contributed by atoms with Crippen LogP contribution >= 0.6 is 0 Å². The van der Waals surface area contributed by atoms with E-state index in [2.05, 4.69) is 10.4 Å². The first-order valence-corrected chi connectivity index (χ1v) is 9.31. The highest BCUT2D eigenvalue weighted by atomic mass is 16.6. The second-order valence-corrected chi connectivity index (χ2v) is 6.79. The molecule has 0 aromatic heterocycles. The van der Waals surface area contributed by atoms with Crippen molar-refractivity contribution in [1.29, 1.82) is 0 Å². The SMILES string of the molecule is CC(=O)C1CC(C(=O)Nc2ccccc2N2CCOC2=O)=NN1c1ccccc1. The second-order valence-electron chi connectivity index (χ2n) is 6.79. The van der Waals surface area contributed by atoms with E-state index in [0.717, 1.165) is 5.69 Å². The van der Waals surface area contributed by atoms with Crippen molar-refractivity contribution in [3.05, 3.63) is 54.6 Å². The third-order valence-electron chi connectivity index (χ3n) is 4.87. The van der Waals surface area contributed by atoms with Gasteiger partial charge in [0, 0.05) is 6.42 Å². The van der Waals surface area contributed by atoms with Crippen LogP contribution in [0.15, 0.2) is 59.7 Å². The van der Waals surface area contributed by atoms with Gasteiger partial charge >= 0.3 is 6.09 Å². The minimum Gasteiger partial charge on any atom is -0.447 e. The van der Waals surface area contributed by atoms with E-state index in [1.165, 1.54) is 11.8 Å². The molecule has 0 saturated carbocycles. The Hall–Kier alpha value is -3.68. The molecule has 1 fully saturated rings. The number of ether oxygens (including phenoxy) is 1. The second kappa shape index (κ2) is 7.75. The Balaban J connectivity index is 1.58. The highest BCUT2D eigenvalue weighted by Gasteiger charge is 2.34. The molecule has 1 atom stereocenters. The van der Waals surface area contributed by atoms with E-state index in [4.69, 9.17) is 4.74 Å². The van der Waals surface area contributed by atoms with E-state index in [1.54, 1.807) is 29.3 Å². The van der Waals surface area contributed by atoms with Gasteiger partial charge in [-0.2, -0.15) is 5.10 Å². The number of nitrogens with one attached hydrogen (secondary N) is 1. The number of nitrogens with zero attached hydrogens (tertiary/aromatic N) is 3. The quantitative estimate of drug-likeness (QED) is 0.845. The summed E-state index contributed by atoms with van der Waals surface area (Å²) < 4.78 is 4.99. The summed E-state index contributed by atoms with van der Waals surface area (Å²) in [6.07, 6.45) is -0.235. The molecule has 8 heteroatoms. The molecule has 0 radical (unpaired) electrons. The van der Waals surface area contributed by atoms with Crippen molar-refractivity contribution in [2.45, 2.75) is 19.4 Å². The monoisotopic (exact) mass is 392 g/mol. The Morgan fingerprint density at radius 3 is 2.52 bits per heavy atom. The maximum atomic E-state index is 12.9. The van der Waals surface area contributed by atoms with Crippen LogP contribution in [0.1, 0.15) is 13.3 Å². The van der Waals surface area contributed by atoms with Crippen molar-refractivity contribution in [1.82, 2.24) is 0 Å². The lowest BCUT2D eigenvalue weighted by Gasteiger charge is -2.20. The van der Waals surface area contributed by atoms with E-state index < -0.39 is 18.0 Å². The van der Waals surface area contributed by atoms with Gasteiger partial charge in [-0.05, 0) is 31.2 Å². The zero-order valence-electron chi connectivity index (χ0n) is 15.9. The van der Waals surface area contributed by atoms with Crippen molar-refractivity contribution in [3.8, 4) is 0 Å². The lowest BCUT2D eigenvalue weighted by Crippen LogP contribution is -2.33. The van der Waals surface area contributed by atoms with Gasteiger partial charge < -0.3 is 10.1 Å². The van der Waals surface area contributed by atoms with Gasteiger partial charge in [0.25, 0.3) is 5.91 Å². The fourth-order valence-corrected chi connectivity index (χ4v) is 3.40. The Bertz CT molecular complexity index is 989. The average molecular weight is 392 g/mol. The number of ketones is 1. The van der Waals surface area contributed by atoms with Gasteiger partial charge in [-0.1, -0.05) is 30.3 Å². The molecule has 8 nitrogen and oxygen atoms in total. The summed E-state index contributed by atoms with van der Waals surface area (Å²) in [5.41, 5.74) is 2.05. The zero-order chi connectivity index (χ0) is 20.4. The lowest BCUT2D eigenvalue weighted by atomic mass is 10.1. The molecule has 2 aromatic carbocycles. The number of hydrogen-bond acceptors (Lipinski definition) is 6. The number of hydrazone groups is 1. The number of rotatable bonds is 5. The van der Waals surface area contributed by atoms with E-state index >= 15 is 0 Å². The largest absolute Gasteiger partial charge is 0.447 e. The van der Waals surface area contributed by atoms with Crippen LogP contribution in [0.2, 0.25) is 0 Å². The number of hydrogen-bond donors (Lipinski definition) is 1. The zero-order valence-corrected chi connectivity index (χ0v) is 15.9. The number of anilines is 3. The van der Waals surface area contributed by atoms with Gasteiger partial charge in [-0.15, -0.1) is 0 Å². The summed E-state index contributed by atoms with van der Waals surface area (Å²) in [6.45, 7) is 2.21. The third-order valence-corrected chi connectivity index (χ3v) is 4.87. The van der Waals surface area contributed by atoms with E-state index in [1.807, 2.05) is 30.3 Å². The van der Waals surface area contributed by atoms with Gasteiger partial charge in [-0.25, -0.2) is 4.79 Å². The van der Waals surface area contributed by atoms with Crippen LogP contribution in [0, 0.1) is 0 Å². The van der Waals surface area contributed by atoms with Crippen LogP contribution in [-0.4, -0.2) is 42.7 Å². The Morgan fingerprint density at radius 1 is 1.10 bits per heavy atom. The van der Waals surface area contributed by atoms with E-state index in [9.17, 15) is 14.4 Å². The van der Waals surface area contributed by atoms with Gasteiger partial charge in [-0.3, -0.25) is 19.5 Å². The summed E-state index contributed by atoms with van der Waals surface area (Å²) >= 11 is 0. The van der Waals surface area contributed by atoms with Crippen molar-refractivity contribution in [3.63, 3.8) is 0 Å². The highest BCUT2D eigenvalue weighted by molar-refractivity contribution is 6.44. The molecule has 4 rings (SSSR count). The minimum atomic E-state index is -0.526. The Labute approximate surface area is 167 Å². The number of carbonyl (C=O) groups is 3. The summed E-state index contributed by atoms with van der Waals surface area (Å²) in [6, 6.07) is 15.7. The molecule has 2 aliphatic heterocycles. The molecular formula is C21H20N4O4. The van der Waals surface area contributed by atoms with Crippen LogP contribution in [0.25, 0.3) is 0 Å². The molecule has 0 spiro atoms. The predicted octanol–water partition coefficient (Wildman–Crippen LogP) is 2.81. The molecule has 0 bridgehead atoms. The number of amides is 2. The molecule has 2 heterocycles. The summed E-state index contributed by atoms with van der Waals surface area (Å²) in [4.78, 5) is 38.4. The standard InChI is InChI=1S/C21H20N4O4/c1-14(26)19-13-17(23-25(19)15-7-3-2-4-8-15)20(27)22-16-9-5-6-10-18(16)24-11-12-29-21(24)28/h2-10,19H,11-13H2,1H3,(H,22,27). The topological polar surface area (TPSA) is 91.3 Å². The minimum absolute atomic E-state index is 0.0689. The first kappa shape index (κ1) is 18.7. The van der Waals surface area contributed by atoms with Crippen LogP contribution < -0.4 is 15.2 Å². The fourth-order valence-electron chi connectivity index (χ4n) is 3.40. The fraction of sp³-hybridized carbons (Fsp3) is 0.238. The summed E-state index contributed by atoms with van der Waals surface area (Å²) in [5.74, 6) is -0.477. The molecule has 0 aliphatic carbocycles. The van der Waals surface area contributed by atoms with E-state index in [-0.39, 0.29) is 17.9 Å². The molecule has 29 heavy (non-hydrogen) atoms. The maximum Gasteiger partial charge on any atom is 0.414 e. The number of Topliss-reactive ketones (excluding diaryl/α,β-unsaturated/α-hetero) is 1. The molecule has 1 N–H and O–H groups in total. The van der Waals surface area contributed by atoms with E-state index in [0.29, 0.717) is 24.5 Å². The molecule has 148 valence electrons. The Kier molecular flexibility index (Phi) is 4.99. The Morgan fingerprint density at radius 2 is 1.83 bits per heavy atom. The first-order chi connectivity index (χ1) is 14.0. The molecular weight excluding hydrogens is 372 g/mol. The smallest absolute Gasteiger partial charge is 0.414 e. The van der Waals surface area contributed by atoms with Gasteiger partial charge in [0.1, 0.15) is 18.4 Å². The van der Waals surface area contributed by atoms with Gasteiger partial charge in [0.15, 0.2) is 5.78 Å². The van der Waals surface area contributed by atoms with Crippen molar-refractivity contribution in [2.75, 3.05) is 28.4 Å². The number of cyclic esters (lactones) is 1. The number of benzene rings is 2. The maximum absolute atomic E-state index is 12.9. The number of para-hydroxylation sites is 3. The third kappa shape index (κ3) is 3.69. The highest BCUT2D eigenvalue weighted by Crippen LogP contribution is 2.29. The van der Waals surface area contributed by atoms with Crippen molar-refractivity contribution in [2.24, 2.45) is 5.10 Å². The van der Waals surface area contributed by atoms with Crippen molar-refractivity contribution < 1.29 is 19.1 Å². The summed E-state index contributed by atoms with van der Waals surface area (Å²) in [7, 11) is 0.